The molecule has 0 saturated carbocycles. The first-order valence-electron chi connectivity index (χ1n) is 5.85. The summed E-state index contributed by atoms with van der Waals surface area (Å²) < 4.78 is 39.1. The number of phenolic OH excluding ortho intramolecular Hbond substituents is 1. The van der Waals surface area contributed by atoms with Crippen LogP contribution in [0.2, 0.25) is 0 Å². The van der Waals surface area contributed by atoms with Crippen molar-refractivity contribution in [3.05, 3.63) is 56.5 Å². The summed E-state index contributed by atoms with van der Waals surface area (Å²) in [5.74, 6) is 0.0534. The van der Waals surface area contributed by atoms with Crippen molar-refractivity contribution < 1.29 is 18.3 Å². The molecule has 0 aliphatic carbocycles. The van der Waals surface area contributed by atoms with E-state index in [0.29, 0.717) is 15.7 Å². The van der Waals surface area contributed by atoms with Gasteiger partial charge in [0, 0.05) is 22.3 Å². The SMILES string of the molecule is Oc1c(Br)cc(Br)cc1CNc1cccc(C(F)(F)F)c1. The number of alkyl halides is 3. The molecule has 112 valence electrons. The number of rotatable bonds is 3. The quantitative estimate of drug-likeness (QED) is 0.677. The van der Waals surface area contributed by atoms with Crippen molar-refractivity contribution in [3.8, 4) is 5.75 Å². The van der Waals surface area contributed by atoms with Crippen LogP contribution >= 0.6 is 31.9 Å². The third kappa shape index (κ3) is 4.14. The van der Waals surface area contributed by atoms with E-state index in [2.05, 4.69) is 37.2 Å². The summed E-state index contributed by atoms with van der Waals surface area (Å²) in [6.45, 7) is 0.200. The average molecular weight is 425 g/mol. The zero-order valence-electron chi connectivity index (χ0n) is 10.5. The van der Waals surface area contributed by atoms with E-state index in [1.807, 2.05) is 0 Å². The molecule has 0 aromatic heterocycles. The highest BCUT2D eigenvalue weighted by atomic mass is 79.9. The van der Waals surface area contributed by atoms with E-state index in [9.17, 15) is 18.3 Å². The van der Waals surface area contributed by atoms with Gasteiger partial charge in [-0.15, -0.1) is 0 Å². The molecule has 0 aliphatic rings. The van der Waals surface area contributed by atoms with E-state index in [0.717, 1.165) is 16.6 Å². The standard InChI is InChI=1S/C14H10Br2F3NO/c15-10-4-8(13(21)12(16)6-10)7-20-11-3-1-2-9(5-11)14(17,18)19/h1-6,20-21H,7H2. The van der Waals surface area contributed by atoms with E-state index >= 15 is 0 Å². The lowest BCUT2D eigenvalue weighted by Gasteiger charge is -2.12. The molecule has 0 saturated heterocycles. The number of aromatic hydroxyl groups is 1. The van der Waals surface area contributed by atoms with Gasteiger partial charge in [-0.1, -0.05) is 22.0 Å². The van der Waals surface area contributed by atoms with Gasteiger partial charge in [0.05, 0.1) is 10.0 Å². The van der Waals surface area contributed by atoms with Crippen LogP contribution in [-0.2, 0) is 12.7 Å². The fraction of sp³-hybridized carbons (Fsp3) is 0.143. The van der Waals surface area contributed by atoms with E-state index in [1.165, 1.54) is 6.07 Å². The maximum Gasteiger partial charge on any atom is 0.416 e. The molecule has 2 nitrogen and oxygen atoms in total. The average Bonchev–Trinajstić information content (AvgIpc) is 2.40. The molecule has 0 atom stereocenters. The zero-order chi connectivity index (χ0) is 15.6. The Morgan fingerprint density at radius 3 is 2.48 bits per heavy atom. The van der Waals surface area contributed by atoms with E-state index in [-0.39, 0.29) is 12.3 Å². The van der Waals surface area contributed by atoms with E-state index < -0.39 is 11.7 Å². The highest BCUT2D eigenvalue weighted by Crippen LogP contribution is 2.33. The summed E-state index contributed by atoms with van der Waals surface area (Å²) in [6, 6.07) is 8.30. The van der Waals surface area contributed by atoms with Gasteiger partial charge in [0.1, 0.15) is 5.75 Å². The lowest BCUT2D eigenvalue weighted by Crippen LogP contribution is -2.06. The summed E-state index contributed by atoms with van der Waals surface area (Å²) >= 11 is 6.50. The number of hydrogen-bond acceptors (Lipinski definition) is 2. The Balaban J connectivity index is 2.17. The smallest absolute Gasteiger partial charge is 0.416 e. The van der Waals surface area contributed by atoms with Crippen LogP contribution in [-0.4, -0.2) is 5.11 Å². The second-order valence-electron chi connectivity index (χ2n) is 4.33. The first kappa shape index (κ1) is 16.2. The van der Waals surface area contributed by atoms with Crippen LogP contribution in [0.4, 0.5) is 18.9 Å². The highest BCUT2D eigenvalue weighted by molar-refractivity contribution is 9.11. The van der Waals surface area contributed by atoms with Crippen LogP contribution in [0.3, 0.4) is 0 Å². The minimum atomic E-state index is -4.38. The molecule has 2 aromatic rings. The molecule has 0 fully saturated rings. The highest BCUT2D eigenvalue weighted by Gasteiger charge is 2.30. The molecule has 0 radical (unpaired) electrons. The number of anilines is 1. The van der Waals surface area contributed by atoms with Gasteiger partial charge in [-0.3, -0.25) is 0 Å². The molecule has 0 aliphatic heterocycles. The number of benzene rings is 2. The molecule has 2 N–H and O–H groups in total. The van der Waals surface area contributed by atoms with Gasteiger partial charge >= 0.3 is 6.18 Å². The van der Waals surface area contributed by atoms with Gasteiger partial charge in [-0.25, -0.2) is 0 Å². The Hall–Kier alpha value is -1.21. The Kier molecular flexibility index (Phi) is 4.83. The van der Waals surface area contributed by atoms with Gasteiger partial charge in [0.2, 0.25) is 0 Å². The maximum absolute atomic E-state index is 12.6. The van der Waals surface area contributed by atoms with Crippen LogP contribution in [0.15, 0.2) is 45.3 Å². The van der Waals surface area contributed by atoms with Gasteiger partial charge in [-0.05, 0) is 46.3 Å². The molecule has 21 heavy (non-hydrogen) atoms. The normalized spacial score (nSPS) is 11.5. The van der Waals surface area contributed by atoms with Crippen molar-refractivity contribution in [3.63, 3.8) is 0 Å². The van der Waals surface area contributed by atoms with Crippen molar-refractivity contribution in [1.29, 1.82) is 0 Å². The minimum Gasteiger partial charge on any atom is -0.506 e. The lowest BCUT2D eigenvalue weighted by molar-refractivity contribution is -0.137. The fourth-order valence-electron chi connectivity index (χ4n) is 1.76. The van der Waals surface area contributed by atoms with E-state index in [1.54, 1.807) is 18.2 Å². The Morgan fingerprint density at radius 2 is 1.81 bits per heavy atom. The van der Waals surface area contributed by atoms with Crippen LogP contribution in [0.1, 0.15) is 11.1 Å². The molecule has 0 bridgehead atoms. The first-order chi connectivity index (χ1) is 9.77. The molecule has 0 unspecified atom stereocenters. The second-order valence-corrected chi connectivity index (χ2v) is 6.10. The van der Waals surface area contributed by atoms with E-state index in [4.69, 9.17) is 0 Å². The fourth-order valence-corrected chi connectivity index (χ4v) is 3.07. The van der Waals surface area contributed by atoms with Gasteiger partial charge in [-0.2, -0.15) is 13.2 Å². The summed E-state index contributed by atoms with van der Waals surface area (Å²) in [6.07, 6.45) is -4.38. The summed E-state index contributed by atoms with van der Waals surface area (Å²) in [7, 11) is 0. The predicted octanol–water partition coefficient (Wildman–Crippen LogP) is 5.55. The van der Waals surface area contributed by atoms with Crippen molar-refractivity contribution in [2.24, 2.45) is 0 Å². The molecule has 0 heterocycles. The summed E-state index contributed by atoms with van der Waals surface area (Å²) in [5.41, 5.74) is 0.182. The zero-order valence-corrected chi connectivity index (χ0v) is 13.7. The number of phenols is 1. The summed E-state index contributed by atoms with van der Waals surface area (Å²) in [4.78, 5) is 0. The number of hydrogen-bond donors (Lipinski definition) is 2. The Morgan fingerprint density at radius 1 is 1.10 bits per heavy atom. The molecular formula is C14H10Br2F3NO. The topological polar surface area (TPSA) is 32.3 Å². The molecular weight excluding hydrogens is 415 g/mol. The van der Waals surface area contributed by atoms with Crippen molar-refractivity contribution in [2.75, 3.05) is 5.32 Å². The molecule has 2 aromatic carbocycles. The van der Waals surface area contributed by atoms with Crippen LogP contribution in [0, 0.1) is 0 Å². The second kappa shape index (κ2) is 6.27. The molecule has 0 spiro atoms. The van der Waals surface area contributed by atoms with Crippen LogP contribution in [0.5, 0.6) is 5.75 Å². The number of halogens is 5. The first-order valence-corrected chi connectivity index (χ1v) is 7.44. The van der Waals surface area contributed by atoms with Crippen LogP contribution < -0.4 is 5.32 Å². The van der Waals surface area contributed by atoms with Gasteiger partial charge in [0.25, 0.3) is 0 Å². The third-order valence-electron chi connectivity index (χ3n) is 2.78. The van der Waals surface area contributed by atoms with Crippen molar-refractivity contribution in [1.82, 2.24) is 0 Å². The maximum atomic E-state index is 12.6. The number of nitrogens with one attached hydrogen (secondary N) is 1. The van der Waals surface area contributed by atoms with Gasteiger partial charge in [0.15, 0.2) is 0 Å². The largest absolute Gasteiger partial charge is 0.506 e. The van der Waals surface area contributed by atoms with Crippen LogP contribution in [0.25, 0.3) is 0 Å². The lowest BCUT2D eigenvalue weighted by atomic mass is 10.1. The predicted molar refractivity (Wildman–Crippen MR) is 82.3 cm³/mol. The van der Waals surface area contributed by atoms with Crippen molar-refractivity contribution in [2.45, 2.75) is 12.7 Å². The Labute approximate surface area is 136 Å². The molecule has 0 amide bonds. The molecule has 7 heteroatoms. The Bertz CT molecular complexity index is 659. The molecule has 2 rings (SSSR count). The van der Waals surface area contributed by atoms with Crippen molar-refractivity contribution >= 4 is 37.5 Å². The van der Waals surface area contributed by atoms with Gasteiger partial charge < -0.3 is 10.4 Å². The summed E-state index contributed by atoms with van der Waals surface area (Å²) in [5, 5.41) is 12.8. The minimum absolute atomic E-state index is 0.0534. The monoisotopic (exact) mass is 423 g/mol. The third-order valence-corrected chi connectivity index (χ3v) is 3.84.